The van der Waals surface area contributed by atoms with E-state index in [1.54, 1.807) is 6.92 Å². The molecule has 1 unspecified atom stereocenters. The number of unbranched alkanes of at least 4 members (excludes halogenated alkanes) is 1. The van der Waals surface area contributed by atoms with Crippen molar-refractivity contribution < 1.29 is 29.6 Å². The molecule has 20 heavy (non-hydrogen) atoms. The molecule has 0 bridgehead atoms. The molecule has 1 rings (SSSR count). The highest BCUT2D eigenvalue weighted by molar-refractivity contribution is 5.98. The van der Waals surface area contributed by atoms with Gasteiger partial charge in [-0.3, -0.25) is 0 Å². The van der Waals surface area contributed by atoms with Crippen molar-refractivity contribution in [2.24, 2.45) is 0 Å². The third-order valence-electron chi connectivity index (χ3n) is 2.87. The predicted molar refractivity (Wildman–Crippen MR) is 71.1 cm³/mol. The summed E-state index contributed by atoms with van der Waals surface area (Å²) in [6.07, 6.45) is 2.26. The van der Waals surface area contributed by atoms with Crippen LogP contribution in [0.4, 0.5) is 0 Å². The van der Waals surface area contributed by atoms with Gasteiger partial charge in [-0.15, -0.1) is 0 Å². The van der Waals surface area contributed by atoms with Crippen molar-refractivity contribution in [3.05, 3.63) is 23.3 Å². The van der Waals surface area contributed by atoms with E-state index in [2.05, 4.69) is 0 Å². The first kappa shape index (κ1) is 15.8. The van der Waals surface area contributed by atoms with E-state index >= 15 is 0 Å². The van der Waals surface area contributed by atoms with Gasteiger partial charge in [0.2, 0.25) is 0 Å². The van der Waals surface area contributed by atoms with Crippen LogP contribution >= 0.6 is 0 Å². The van der Waals surface area contributed by atoms with E-state index in [1.807, 2.05) is 6.92 Å². The van der Waals surface area contributed by atoms with Crippen LogP contribution in [0.25, 0.3) is 0 Å². The molecule has 0 spiro atoms. The number of carboxylic acids is 1. The molecule has 0 aliphatic rings. The largest absolute Gasteiger partial charge is 0.504 e. The van der Waals surface area contributed by atoms with Crippen LogP contribution in [-0.2, 0) is 4.74 Å². The number of carbonyl (C=O) groups is 2. The van der Waals surface area contributed by atoms with Crippen LogP contribution < -0.4 is 0 Å². The van der Waals surface area contributed by atoms with E-state index in [0.29, 0.717) is 6.42 Å². The van der Waals surface area contributed by atoms with Gasteiger partial charge in [-0.05, 0) is 25.5 Å². The van der Waals surface area contributed by atoms with Crippen molar-refractivity contribution in [3.8, 4) is 11.5 Å². The van der Waals surface area contributed by atoms with Gasteiger partial charge in [0.1, 0.15) is 11.1 Å². The molecule has 0 aliphatic heterocycles. The van der Waals surface area contributed by atoms with Crippen LogP contribution in [0.5, 0.6) is 11.5 Å². The molecule has 0 fully saturated rings. The fraction of sp³-hybridized carbons (Fsp3) is 0.429. The van der Waals surface area contributed by atoms with Crippen molar-refractivity contribution in [1.82, 2.24) is 0 Å². The SMILES string of the molecule is CCCCC(C)OC(=O)c1ccc(C(=O)O)c(O)c1O. The molecule has 1 atom stereocenters. The van der Waals surface area contributed by atoms with Crippen molar-refractivity contribution in [3.63, 3.8) is 0 Å². The molecule has 3 N–H and O–H groups in total. The maximum Gasteiger partial charge on any atom is 0.342 e. The molecular formula is C14H18O6. The van der Waals surface area contributed by atoms with E-state index in [0.717, 1.165) is 25.0 Å². The summed E-state index contributed by atoms with van der Waals surface area (Å²) in [4.78, 5) is 22.6. The van der Waals surface area contributed by atoms with Gasteiger partial charge in [0.15, 0.2) is 11.5 Å². The summed E-state index contributed by atoms with van der Waals surface area (Å²) in [5, 5.41) is 28.0. The molecule has 0 aromatic heterocycles. The average molecular weight is 282 g/mol. The molecule has 0 amide bonds. The highest BCUT2D eigenvalue weighted by Crippen LogP contribution is 2.33. The molecule has 1 aromatic rings. The maximum absolute atomic E-state index is 11.8. The Kier molecular flexibility index (Phi) is 5.37. The van der Waals surface area contributed by atoms with Crippen molar-refractivity contribution >= 4 is 11.9 Å². The number of hydrogen-bond donors (Lipinski definition) is 3. The normalized spacial score (nSPS) is 11.9. The van der Waals surface area contributed by atoms with E-state index in [1.165, 1.54) is 0 Å². The number of aromatic carboxylic acids is 1. The van der Waals surface area contributed by atoms with Gasteiger partial charge in [-0.2, -0.15) is 0 Å². The number of ether oxygens (including phenoxy) is 1. The van der Waals surface area contributed by atoms with Crippen molar-refractivity contribution in [1.29, 1.82) is 0 Å². The number of phenols is 2. The minimum Gasteiger partial charge on any atom is -0.504 e. The Morgan fingerprint density at radius 2 is 1.75 bits per heavy atom. The third-order valence-corrected chi connectivity index (χ3v) is 2.87. The lowest BCUT2D eigenvalue weighted by molar-refractivity contribution is 0.0315. The first-order valence-corrected chi connectivity index (χ1v) is 6.37. The Morgan fingerprint density at radius 1 is 1.20 bits per heavy atom. The Bertz CT molecular complexity index is 509. The summed E-state index contributed by atoms with van der Waals surface area (Å²) in [6.45, 7) is 3.75. The van der Waals surface area contributed by atoms with Crippen LogP contribution in [-0.4, -0.2) is 33.4 Å². The summed E-state index contributed by atoms with van der Waals surface area (Å²) in [7, 11) is 0. The van der Waals surface area contributed by atoms with Gasteiger partial charge in [0.25, 0.3) is 0 Å². The quantitative estimate of drug-likeness (QED) is 0.547. The topological polar surface area (TPSA) is 104 Å². The van der Waals surface area contributed by atoms with Crippen molar-refractivity contribution in [2.75, 3.05) is 0 Å². The zero-order valence-corrected chi connectivity index (χ0v) is 11.4. The second-order valence-corrected chi connectivity index (χ2v) is 4.52. The van der Waals surface area contributed by atoms with E-state index in [9.17, 15) is 19.8 Å². The lowest BCUT2D eigenvalue weighted by Gasteiger charge is -2.14. The second-order valence-electron chi connectivity index (χ2n) is 4.52. The number of benzene rings is 1. The molecule has 0 saturated heterocycles. The Labute approximate surface area is 116 Å². The standard InChI is InChI=1S/C14H18O6/c1-3-4-5-8(2)20-14(19)10-7-6-9(13(17)18)11(15)12(10)16/h6-8,15-16H,3-5H2,1-2H3,(H,17,18). The second kappa shape index (κ2) is 6.79. The van der Waals surface area contributed by atoms with Gasteiger partial charge < -0.3 is 20.1 Å². The highest BCUT2D eigenvalue weighted by atomic mass is 16.5. The average Bonchev–Trinajstić information content (AvgIpc) is 2.38. The number of esters is 1. The molecule has 1 aromatic carbocycles. The molecule has 0 aliphatic carbocycles. The number of hydrogen-bond acceptors (Lipinski definition) is 5. The molecule has 0 radical (unpaired) electrons. The molecular weight excluding hydrogens is 264 g/mol. The number of rotatable bonds is 6. The van der Waals surface area contributed by atoms with Gasteiger partial charge >= 0.3 is 11.9 Å². The number of aromatic hydroxyl groups is 2. The summed E-state index contributed by atoms with van der Waals surface area (Å²) < 4.78 is 5.12. The third kappa shape index (κ3) is 3.63. The summed E-state index contributed by atoms with van der Waals surface area (Å²) >= 11 is 0. The van der Waals surface area contributed by atoms with Crippen LogP contribution in [0.2, 0.25) is 0 Å². The lowest BCUT2D eigenvalue weighted by Crippen LogP contribution is -2.15. The van der Waals surface area contributed by atoms with E-state index < -0.39 is 29.0 Å². The summed E-state index contributed by atoms with van der Waals surface area (Å²) in [5.41, 5.74) is -0.728. The maximum atomic E-state index is 11.8. The Balaban J connectivity index is 2.89. The van der Waals surface area contributed by atoms with Crippen LogP contribution in [0.3, 0.4) is 0 Å². The fourth-order valence-corrected chi connectivity index (χ4v) is 1.71. The number of phenolic OH excluding ortho intramolecular Hbond substituents is 1. The predicted octanol–water partition coefficient (Wildman–Crippen LogP) is 2.53. The monoisotopic (exact) mass is 282 g/mol. The molecule has 6 heteroatoms. The minimum atomic E-state index is -1.39. The fourth-order valence-electron chi connectivity index (χ4n) is 1.71. The van der Waals surface area contributed by atoms with Crippen LogP contribution in [0.1, 0.15) is 53.8 Å². The van der Waals surface area contributed by atoms with E-state index in [-0.39, 0.29) is 11.7 Å². The minimum absolute atomic E-state index is 0.254. The van der Waals surface area contributed by atoms with Gasteiger partial charge in [-0.1, -0.05) is 19.8 Å². The van der Waals surface area contributed by atoms with Gasteiger partial charge in [0, 0.05) is 0 Å². The number of carboxylic acid groups (broad SMARTS) is 1. The summed E-state index contributed by atoms with van der Waals surface area (Å²) in [5.74, 6) is -3.81. The highest BCUT2D eigenvalue weighted by Gasteiger charge is 2.22. The van der Waals surface area contributed by atoms with Crippen molar-refractivity contribution in [2.45, 2.75) is 39.2 Å². The van der Waals surface area contributed by atoms with Gasteiger partial charge in [0.05, 0.1) is 6.10 Å². The zero-order chi connectivity index (χ0) is 15.3. The Morgan fingerprint density at radius 3 is 2.30 bits per heavy atom. The lowest BCUT2D eigenvalue weighted by atomic mass is 10.1. The molecule has 0 heterocycles. The van der Waals surface area contributed by atoms with Crippen LogP contribution in [0.15, 0.2) is 12.1 Å². The number of carbonyl (C=O) groups excluding carboxylic acids is 1. The smallest absolute Gasteiger partial charge is 0.342 e. The first-order chi connectivity index (χ1) is 9.38. The molecule has 0 saturated carbocycles. The molecule has 6 nitrogen and oxygen atoms in total. The molecule has 110 valence electrons. The Hall–Kier alpha value is -2.24. The first-order valence-electron chi connectivity index (χ1n) is 6.37. The van der Waals surface area contributed by atoms with Gasteiger partial charge in [-0.25, -0.2) is 9.59 Å². The van der Waals surface area contributed by atoms with E-state index in [4.69, 9.17) is 9.84 Å². The van der Waals surface area contributed by atoms with Crippen LogP contribution in [0, 0.1) is 0 Å². The zero-order valence-electron chi connectivity index (χ0n) is 11.4. The summed E-state index contributed by atoms with van der Waals surface area (Å²) in [6, 6.07) is 2.16.